The number of aryl methyl sites for hydroxylation is 1. The van der Waals surface area contributed by atoms with Crippen LogP contribution in [-0.4, -0.2) is 22.6 Å². The first kappa shape index (κ1) is 20.5. The lowest BCUT2D eigenvalue weighted by Gasteiger charge is -2.09. The van der Waals surface area contributed by atoms with Crippen LogP contribution < -0.4 is 10.7 Å². The van der Waals surface area contributed by atoms with E-state index in [9.17, 15) is 14.0 Å². The van der Waals surface area contributed by atoms with Crippen LogP contribution in [0, 0.1) is 19.7 Å². The summed E-state index contributed by atoms with van der Waals surface area (Å²) in [6, 6.07) is 15.4. The highest BCUT2D eigenvalue weighted by molar-refractivity contribution is 9.10. The van der Waals surface area contributed by atoms with Gasteiger partial charge in [-0.3, -0.25) is 9.59 Å². The Morgan fingerprint density at radius 1 is 1.07 bits per heavy atom. The quantitative estimate of drug-likeness (QED) is 0.352. The number of halogens is 2. The van der Waals surface area contributed by atoms with Gasteiger partial charge in [-0.15, -0.1) is 0 Å². The average molecular weight is 457 g/mol. The number of anilines is 1. The molecule has 0 aliphatic rings. The second-order valence-electron chi connectivity index (χ2n) is 6.27. The molecule has 29 heavy (non-hydrogen) atoms. The Bertz CT molecular complexity index is 1090. The maximum Gasteiger partial charge on any atom is 0.329 e. The summed E-state index contributed by atoms with van der Waals surface area (Å²) in [6.07, 6.45) is 1.46. The van der Waals surface area contributed by atoms with Crippen molar-refractivity contribution in [3.8, 4) is 5.69 Å². The number of amides is 2. The van der Waals surface area contributed by atoms with Gasteiger partial charge in [-0.2, -0.15) is 5.10 Å². The number of hydrazone groups is 1. The molecule has 0 bridgehead atoms. The fourth-order valence-electron chi connectivity index (χ4n) is 2.86. The Labute approximate surface area is 175 Å². The van der Waals surface area contributed by atoms with Gasteiger partial charge in [-0.25, -0.2) is 9.82 Å². The molecule has 0 atom stereocenters. The second-order valence-corrected chi connectivity index (χ2v) is 7.19. The molecular formula is C21H18BrFN4O2. The zero-order valence-electron chi connectivity index (χ0n) is 15.7. The number of hydrogen-bond acceptors (Lipinski definition) is 3. The first-order valence-corrected chi connectivity index (χ1v) is 9.50. The Hall–Kier alpha value is -3.26. The third kappa shape index (κ3) is 4.78. The molecule has 1 heterocycles. The molecule has 0 fully saturated rings. The number of aromatic nitrogens is 1. The molecule has 148 valence electrons. The molecule has 8 heteroatoms. The van der Waals surface area contributed by atoms with Crippen molar-refractivity contribution in [3.63, 3.8) is 0 Å². The van der Waals surface area contributed by atoms with Gasteiger partial charge in [-0.05, 0) is 56.3 Å². The van der Waals surface area contributed by atoms with E-state index in [4.69, 9.17) is 0 Å². The lowest BCUT2D eigenvalue weighted by atomic mass is 10.2. The minimum atomic E-state index is -1.01. The maximum atomic E-state index is 13.6. The SMILES string of the molecule is Cc1cc(/C=N\NC(=O)C(=O)Nc2ccccc2F)c(C)n1-c1ccc(Br)cc1. The van der Waals surface area contributed by atoms with Crippen LogP contribution in [0.25, 0.3) is 5.69 Å². The van der Waals surface area contributed by atoms with E-state index < -0.39 is 17.6 Å². The molecule has 2 aromatic carbocycles. The van der Waals surface area contributed by atoms with Crippen molar-refractivity contribution < 1.29 is 14.0 Å². The van der Waals surface area contributed by atoms with Gasteiger partial charge in [0.2, 0.25) is 0 Å². The van der Waals surface area contributed by atoms with Crippen molar-refractivity contribution in [3.05, 3.63) is 81.8 Å². The molecule has 0 spiro atoms. The van der Waals surface area contributed by atoms with Crippen LogP contribution in [0.5, 0.6) is 0 Å². The van der Waals surface area contributed by atoms with E-state index in [2.05, 4.69) is 36.3 Å². The summed E-state index contributed by atoms with van der Waals surface area (Å²) < 4.78 is 16.6. The molecule has 0 saturated carbocycles. The van der Waals surface area contributed by atoms with Crippen LogP contribution >= 0.6 is 15.9 Å². The number of para-hydroxylation sites is 1. The normalized spacial score (nSPS) is 10.9. The fourth-order valence-corrected chi connectivity index (χ4v) is 3.12. The van der Waals surface area contributed by atoms with Crippen molar-refractivity contribution in [2.24, 2.45) is 5.10 Å². The first-order valence-electron chi connectivity index (χ1n) is 8.70. The fraction of sp³-hybridized carbons (Fsp3) is 0.0952. The van der Waals surface area contributed by atoms with Crippen LogP contribution in [0.3, 0.4) is 0 Å². The zero-order chi connectivity index (χ0) is 21.0. The highest BCUT2D eigenvalue weighted by Crippen LogP contribution is 2.21. The summed E-state index contributed by atoms with van der Waals surface area (Å²) in [5.74, 6) is -2.63. The van der Waals surface area contributed by atoms with Gasteiger partial charge >= 0.3 is 11.8 Å². The van der Waals surface area contributed by atoms with E-state index in [1.54, 1.807) is 6.07 Å². The van der Waals surface area contributed by atoms with Gasteiger partial charge in [0, 0.05) is 27.1 Å². The average Bonchev–Trinajstić information content (AvgIpc) is 2.97. The molecular weight excluding hydrogens is 439 g/mol. The maximum absolute atomic E-state index is 13.6. The molecule has 1 aromatic heterocycles. The molecule has 2 N–H and O–H groups in total. The van der Waals surface area contributed by atoms with Gasteiger partial charge in [0.05, 0.1) is 11.9 Å². The number of nitrogens with one attached hydrogen (secondary N) is 2. The topological polar surface area (TPSA) is 75.5 Å². The van der Waals surface area contributed by atoms with Crippen LogP contribution in [-0.2, 0) is 9.59 Å². The van der Waals surface area contributed by atoms with Crippen molar-refractivity contribution in [2.45, 2.75) is 13.8 Å². The number of nitrogens with zero attached hydrogens (tertiary/aromatic N) is 2. The van der Waals surface area contributed by atoms with Gasteiger partial charge < -0.3 is 9.88 Å². The van der Waals surface area contributed by atoms with Crippen molar-refractivity contribution in [2.75, 3.05) is 5.32 Å². The summed E-state index contributed by atoms with van der Waals surface area (Å²) in [6.45, 7) is 3.90. The molecule has 0 radical (unpaired) electrons. The second kappa shape index (κ2) is 8.83. The van der Waals surface area contributed by atoms with E-state index in [1.807, 2.05) is 44.2 Å². The predicted octanol–water partition coefficient (Wildman–Crippen LogP) is 4.08. The van der Waals surface area contributed by atoms with Crippen molar-refractivity contribution in [1.29, 1.82) is 0 Å². The number of carbonyl (C=O) groups is 2. The molecule has 6 nitrogen and oxygen atoms in total. The van der Waals surface area contributed by atoms with Gasteiger partial charge in [-0.1, -0.05) is 28.1 Å². The summed E-state index contributed by atoms with van der Waals surface area (Å²) >= 11 is 3.42. The highest BCUT2D eigenvalue weighted by atomic mass is 79.9. The molecule has 0 aliphatic carbocycles. The van der Waals surface area contributed by atoms with E-state index in [1.165, 1.54) is 24.4 Å². The summed E-state index contributed by atoms with van der Waals surface area (Å²) in [7, 11) is 0. The highest BCUT2D eigenvalue weighted by Gasteiger charge is 2.15. The molecule has 0 saturated heterocycles. The largest absolute Gasteiger partial charge is 0.329 e. The Morgan fingerprint density at radius 2 is 1.76 bits per heavy atom. The Balaban J connectivity index is 1.68. The Morgan fingerprint density at radius 3 is 2.45 bits per heavy atom. The predicted molar refractivity (Wildman–Crippen MR) is 114 cm³/mol. The van der Waals surface area contributed by atoms with E-state index in [0.717, 1.165) is 27.1 Å². The van der Waals surface area contributed by atoms with E-state index in [-0.39, 0.29) is 5.69 Å². The monoisotopic (exact) mass is 456 g/mol. The molecule has 0 aliphatic heterocycles. The number of benzene rings is 2. The van der Waals surface area contributed by atoms with E-state index >= 15 is 0 Å². The minimum absolute atomic E-state index is 0.0744. The van der Waals surface area contributed by atoms with Gasteiger partial charge in [0.25, 0.3) is 0 Å². The standard InChI is InChI=1S/C21H18BrFN4O2/c1-13-11-15(14(2)27(13)17-9-7-16(22)8-10-17)12-24-26-21(29)20(28)25-19-6-4-3-5-18(19)23/h3-12H,1-2H3,(H,25,28)(H,26,29)/b24-12-. The minimum Gasteiger partial charge on any atom is -0.318 e. The lowest BCUT2D eigenvalue weighted by molar-refractivity contribution is -0.136. The van der Waals surface area contributed by atoms with Crippen molar-refractivity contribution >= 4 is 39.6 Å². The lowest BCUT2D eigenvalue weighted by Crippen LogP contribution is -2.32. The third-order valence-corrected chi connectivity index (χ3v) is 4.78. The van der Waals surface area contributed by atoms with Crippen molar-refractivity contribution in [1.82, 2.24) is 9.99 Å². The van der Waals surface area contributed by atoms with Crippen LogP contribution in [0.15, 0.2) is 64.2 Å². The molecule has 2 amide bonds. The van der Waals surface area contributed by atoms with Gasteiger partial charge in [0.1, 0.15) is 5.82 Å². The smallest absolute Gasteiger partial charge is 0.318 e. The van der Waals surface area contributed by atoms with Crippen LogP contribution in [0.4, 0.5) is 10.1 Å². The number of carbonyl (C=O) groups excluding carboxylic acids is 2. The summed E-state index contributed by atoms with van der Waals surface area (Å²) in [4.78, 5) is 23.8. The number of rotatable bonds is 4. The number of hydrogen-bond donors (Lipinski definition) is 2. The Kier molecular flexibility index (Phi) is 6.23. The molecule has 0 unspecified atom stereocenters. The van der Waals surface area contributed by atoms with Crippen LogP contribution in [0.2, 0.25) is 0 Å². The van der Waals surface area contributed by atoms with E-state index in [0.29, 0.717) is 0 Å². The van der Waals surface area contributed by atoms with Crippen LogP contribution in [0.1, 0.15) is 17.0 Å². The van der Waals surface area contributed by atoms with Gasteiger partial charge in [0.15, 0.2) is 0 Å². The summed E-state index contributed by atoms with van der Waals surface area (Å²) in [5, 5.41) is 6.05. The third-order valence-electron chi connectivity index (χ3n) is 4.25. The first-order chi connectivity index (χ1) is 13.9. The zero-order valence-corrected chi connectivity index (χ0v) is 17.3. The molecule has 3 rings (SSSR count). The summed E-state index contributed by atoms with van der Waals surface area (Å²) in [5.41, 5.74) is 5.79. The molecule has 3 aromatic rings.